The molecule has 2 aromatic rings. The summed E-state index contributed by atoms with van der Waals surface area (Å²) in [5.41, 5.74) is 5.64. The van der Waals surface area contributed by atoms with Gasteiger partial charge < -0.3 is 15.0 Å². The van der Waals surface area contributed by atoms with Gasteiger partial charge in [-0.25, -0.2) is 18.7 Å². The summed E-state index contributed by atoms with van der Waals surface area (Å²) in [5.74, 6) is -3.16. The zero-order valence-electron chi connectivity index (χ0n) is 17.5. The summed E-state index contributed by atoms with van der Waals surface area (Å²) in [5, 5.41) is 0. The highest BCUT2D eigenvalue weighted by atomic mass is 19.4. The molecule has 3 aliphatic carbocycles. The van der Waals surface area contributed by atoms with E-state index >= 15 is 0 Å². The predicted octanol–water partition coefficient (Wildman–Crippen LogP) is 3.85. The first kappa shape index (κ1) is 22.1. The van der Waals surface area contributed by atoms with E-state index in [1.807, 2.05) is 0 Å². The lowest BCUT2D eigenvalue weighted by atomic mass is 9.76. The topological polar surface area (TPSA) is 86.3 Å². The Bertz CT molecular complexity index is 1070. The first-order valence-electron chi connectivity index (χ1n) is 10.7. The summed E-state index contributed by atoms with van der Waals surface area (Å²) in [7, 11) is 0. The minimum Gasteiger partial charge on any atom is -0.402 e. The fourth-order valence-electron chi connectivity index (χ4n) is 5.61. The number of rotatable bonds is 5. The molecule has 178 valence electrons. The van der Waals surface area contributed by atoms with Crippen molar-refractivity contribution in [3.8, 4) is 17.0 Å². The largest absolute Gasteiger partial charge is 0.573 e. The molecule has 0 aromatic carbocycles. The Morgan fingerprint density at radius 3 is 2.52 bits per heavy atom. The average Bonchev–Trinajstić information content (AvgIpc) is 3.39. The van der Waals surface area contributed by atoms with Gasteiger partial charge in [0.1, 0.15) is 0 Å². The predicted molar refractivity (Wildman–Crippen MR) is 107 cm³/mol. The summed E-state index contributed by atoms with van der Waals surface area (Å²) in [6, 6.07) is 1.25. The first-order valence-corrected chi connectivity index (χ1v) is 10.7. The SMILES string of the molecule is Nc1ncc(-c2cn(C34CC(C3)[C@@H](N3CCC(F)(F)CC3)C4)c(C=O)n2)cc1OC(F)(F)F. The van der Waals surface area contributed by atoms with Crippen LogP contribution in [0.1, 0.15) is 42.7 Å². The van der Waals surface area contributed by atoms with Crippen molar-refractivity contribution in [1.82, 2.24) is 19.4 Å². The standard InChI is InChI=1S/C21H22F5N5O2/c22-20(23)1-3-30(4-2-20)15-8-19(6-13(15)7-19)31-10-14(29-17(31)11-32)12-5-16(18(27)28-9-12)33-21(24,25)26/h5,9-11,13,15H,1-4,6-8H2,(H2,27,28)/t13?,15-,19?/m0/s1. The molecular formula is C21H22F5N5O2. The molecule has 0 radical (unpaired) electrons. The fourth-order valence-corrected chi connectivity index (χ4v) is 5.61. The van der Waals surface area contributed by atoms with E-state index in [-0.39, 0.29) is 41.5 Å². The molecule has 1 aliphatic heterocycles. The summed E-state index contributed by atoms with van der Waals surface area (Å²) in [4.78, 5) is 22.0. The summed E-state index contributed by atoms with van der Waals surface area (Å²) < 4.78 is 70.8. The number of halogens is 5. The number of aromatic nitrogens is 3. The van der Waals surface area contributed by atoms with Gasteiger partial charge in [-0.3, -0.25) is 9.69 Å². The van der Waals surface area contributed by atoms with Crippen molar-refractivity contribution in [2.75, 3.05) is 18.8 Å². The van der Waals surface area contributed by atoms with Gasteiger partial charge in [0.25, 0.3) is 5.92 Å². The maximum absolute atomic E-state index is 13.6. The van der Waals surface area contributed by atoms with E-state index in [4.69, 9.17) is 5.73 Å². The number of carbonyl (C=O) groups is 1. The molecule has 3 heterocycles. The lowest BCUT2D eigenvalue weighted by Crippen LogP contribution is -2.46. The van der Waals surface area contributed by atoms with Crippen LogP contribution in [-0.4, -0.2) is 57.1 Å². The van der Waals surface area contributed by atoms with Crippen LogP contribution >= 0.6 is 0 Å². The Kier molecular flexibility index (Phi) is 4.93. The molecule has 7 nitrogen and oxygen atoms in total. The van der Waals surface area contributed by atoms with Gasteiger partial charge in [-0.1, -0.05) is 0 Å². The highest BCUT2D eigenvalue weighted by Gasteiger charge is 2.59. The van der Waals surface area contributed by atoms with Crippen molar-refractivity contribution < 1.29 is 31.5 Å². The maximum atomic E-state index is 13.6. The molecule has 1 saturated heterocycles. The van der Waals surface area contributed by atoms with Gasteiger partial charge in [-0.2, -0.15) is 0 Å². The maximum Gasteiger partial charge on any atom is 0.573 e. The smallest absolute Gasteiger partial charge is 0.402 e. The number of nitrogens with zero attached hydrogens (tertiary/aromatic N) is 4. The minimum atomic E-state index is -4.93. The monoisotopic (exact) mass is 471 g/mol. The number of hydrogen-bond acceptors (Lipinski definition) is 6. The van der Waals surface area contributed by atoms with E-state index in [0.29, 0.717) is 31.7 Å². The number of pyridine rings is 1. The quantitative estimate of drug-likeness (QED) is 0.527. The van der Waals surface area contributed by atoms with Gasteiger partial charge in [0, 0.05) is 55.5 Å². The van der Waals surface area contributed by atoms with Crippen molar-refractivity contribution in [3.05, 3.63) is 24.3 Å². The molecule has 0 spiro atoms. The third kappa shape index (κ3) is 3.94. The molecule has 0 unspecified atom stereocenters. The lowest BCUT2D eigenvalue weighted by Gasteiger charge is -2.41. The lowest BCUT2D eigenvalue weighted by molar-refractivity contribution is -0.274. The van der Waals surface area contributed by atoms with Crippen LogP contribution in [0.4, 0.5) is 27.8 Å². The number of nitrogens with two attached hydrogens (primary N) is 1. The molecule has 6 rings (SSSR count). The Morgan fingerprint density at radius 2 is 1.88 bits per heavy atom. The molecule has 2 bridgehead atoms. The van der Waals surface area contributed by atoms with E-state index in [1.165, 1.54) is 6.20 Å². The molecule has 0 amide bonds. The van der Waals surface area contributed by atoms with Crippen LogP contribution in [0.25, 0.3) is 11.3 Å². The van der Waals surface area contributed by atoms with E-state index < -0.39 is 23.9 Å². The van der Waals surface area contributed by atoms with Crippen molar-refractivity contribution in [1.29, 1.82) is 0 Å². The Morgan fingerprint density at radius 1 is 1.18 bits per heavy atom. The molecule has 33 heavy (non-hydrogen) atoms. The third-order valence-electron chi connectivity index (χ3n) is 7.17. The van der Waals surface area contributed by atoms with Crippen LogP contribution in [0.2, 0.25) is 0 Å². The van der Waals surface area contributed by atoms with E-state index in [9.17, 15) is 26.7 Å². The van der Waals surface area contributed by atoms with Crippen LogP contribution in [0.15, 0.2) is 18.5 Å². The van der Waals surface area contributed by atoms with Crippen LogP contribution in [-0.2, 0) is 5.54 Å². The van der Waals surface area contributed by atoms with Gasteiger partial charge in [-0.15, -0.1) is 13.2 Å². The molecule has 3 saturated carbocycles. The number of anilines is 1. The third-order valence-corrected chi connectivity index (χ3v) is 7.17. The van der Waals surface area contributed by atoms with Crippen LogP contribution < -0.4 is 10.5 Å². The zero-order chi connectivity index (χ0) is 23.6. The molecule has 12 heteroatoms. The summed E-state index contributed by atoms with van der Waals surface area (Å²) >= 11 is 0. The highest BCUT2D eigenvalue weighted by Crippen LogP contribution is 2.59. The van der Waals surface area contributed by atoms with Crippen molar-refractivity contribution in [2.24, 2.45) is 5.92 Å². The number of nitrogen functional groups attached to an aromatic ring is 1. The molecule has 2 aromatic heterocycles. The van der Waals surface area contributed by atoms with Crippen LogP contribution in [0.5, 0.6) is 5.75 Å². The van der Waals surface area contributed by atoms with Gasteiger partial charge in [-0.05, 0) is 31.2 Å². The van der Waals surface area contributed by atoms with Crippen molar-refractivity contribution >= 4 is 12.1 Å². The number of fused-ring (bicyclic) bond motifs is 1. The minimum absolute atomic E-state index is 0.148. The normalized spacial score (nSPS) is 29.0. The fraction of sp³-hybridized carbons (Fsp3) is 0.571. The number of ether oxygens (including phenoxy) is 1. The van der Waals surface area contributed by atoms with E-state index in [0.717, 1.165) is 18.9 Å². The van der Waals surface area contributed by atoms with E-state index in [1.54, 1.807) is 10.8 Å². The Labute approximate surface area is 185 Å². The molecule has 4 aliphatic rings. The highest BCUT2D eigenvalue weighted by molar-refractivity contribution is 5.73. The second-order valence-corrected chi connectivity index (χ2v) is 9.18. The molecule has 4 fully saturated rings. The van der Waals surface area contributed by atoms with E-state index in [2.05, 4.69) is 19.6 Å². The molecular weight excluding hydrogens is 449 g/mol. The zero-order valence-corrected chi connectivity index (χ0v) is 17.5. The summed E-state index contributed by atoms with van der Waals surface area (Å²) in [6.07, 6.45) is 0.589. The molecule has 2 N–H and O–H groups in total. The number of piperidine rings is 1. The second-order valence-electron chi connectivity index (χ2n) is 9.18. The number of carbonyl (C=O) groups excluding carboxylic acids is 1. The van der Waals surface area contributed by atoms with Gasteiger partial charge in [0.2, 0.25) is 0 Å². The van der Waals surface area contributed by atoms with Crippen LogP contribution in [0, 0.1) is 5.92 Å². The number of hydrogen-bond donors (Lipinski definition) is 1. The van der Waals surface area contributed by atoms with Gasteiger partial charge in [0.15, 0.2) is 23.7 Å². The number of imidazole rings is 1. The van der Waals surface area contributed by atoms with Crippen LogP contribution in [0.3, 0.4) is 0 Å². The Balaban J connectivity index is 1.39. The number of alkyl halides is 5. The van der Waals surface area contributed by atoms with Crippen molar-refractivity contribution in [2.45, 2.75) is 56.0 Å². The van der Waals surface area contributed by atoms with Gasteiger partial charge in [0.05, 0.1) is 5.69 Å². The number of likely N-dealkylation sites (tertiary alicyclic amines) is 1. The van der Waals surface area contributed by atoms with Crippen molar-refractivity contribution in [3.63, 3.8) is 0 Å². The summed E-state index contributed by atoms with van der Waals surface area (Å²) in [6.45, 7) is 0.693. The number of aldehydes is 1. The first-order chi connectivity index (χ1) is 15.5. The average molecular weight is 471 g/mol. The van der Waals surface area contributed by atoms with Gasteiger partial charge >= 0.3 is 6.36 Å². The Hall–Kier alpha value is -2.76. The second kappa shape index (κ2) is 7.37. The molecule has 1 atom stereocenters.